The second-order valence-corrected chi connectivity index (χ2v) is 13.1. The largest absolute Gasteiger partial charge is 0.0654 e. The third kappa shape index (κ3) is 32.2. The van der Waals surface area contributed by atoms with Gasteiger partial charge >= 0.3 is 0 Å². The van der Waals surface area contributed by atoms with Crippen LogP contribution in [0, 0.1) is 5.92 Å². The summed E-state index contributed by atoms with van der Waals surface area (Å²) in [4.78, 5) is 0. The molecule has 230 valence electrons. The predicted octanol–water partition coefficient (Wildman–Crippen LogP) is 14.9. The van der Waals surface area contributed by atoms with Crippen molar-refractivity contribution in [3.05, 3.63) is 0 Å². The fraction of sp³-hybridized carbons (Fsp3) is 1.00. The Morgan fingerprint density at radius 3 is 0.632 bits per heavy atom. The Hall–Kier alpha value is 0. The molecule has 0 aliphatic rings. The van der Waals surface area contributed by atoms with Gasteiger partial charge in [-0.25, -0.2) is 0 Å². The Labute approximate surface area is 244 Å². The van der Waals surface area contributed by atoms with Crippen LogP contribution in [-0.4, -0.2) is 0 Å². The average molecular weight is 535 g/mol. The number of hydrogen-bond acceptors (Lipinski definition) is 0. The summed E-state index contributed by atoms with van der Waals surface area (Å²) in [5.74, 6) is 1.04. The van der Waals surface area contributed by atoms with Crippen LogP contribution in [-0.2, 0) is 0 Å². The zero-order valence-electron chi connectivity index (χ0n) is 27.6. The van der Waals surface area contributed by atoms with Crippen molar-refractivity contribution >= 4 is 0 Å². The van der Waals surface area contributed by atoms with Crippen molar-refractivity contribution < 1.29 is 0 Å². The van der Waals surface area contributed by atoms with Crippen LogP contribution in [0.3, 0.4) is 0 Å². The lowest BCUT2D eigenvalue weighted by Crippen LogP contribution is -2.01. The van der Waals surface area contributed by atoms with Gasteiger partial charge in [-0.05, 0) is 5.92 Å². The van der Waals surface area contributed by atoms with Crippen molar-refractivity contribution in [2.45, 2.75) is 239 Å². The average Bonchev–Trinajstić information content (AvgIpc) is 2.93. The van der Waals surface area contributed by atoms with Gasteiger partial charge in [-0.2, -0.15) is 0 Å². The van der Waals surface area contributed by atoms with E-state index in [0.29, 0.717) is 0 Å². The molecule has 0 aromatic rings. The molecule has 0 radical (unpaired) electrons. The third-order valence-electron chi connectivity index (χ3n) is 9.15. The molecule has 0 rings (SSSR count). The highest BCUT2D eigenvalue weighted by Gasteiger charge is 2.08. The van der Waals surface area contributed by atoms with Crippen molar-refractivity contribution in [2.24, 2.45) is 5.92 Å². The van der Waals surface area contributed by atoms with Gasteiger partial charge in [0.25, 0.3) is 0 Å². The highest BCUT2D eigenvalue weighted by molar-refractivity contribution is 4.62. The SMILES string of the molecule is CCCCCCCCCCCCCCCCCC(CCCC)CCCCCCCCCCCCCCCC. The van der Waals surface area contributed by atoms with Gasteiger partial charge in [-0.15, -0.1) is 0 Å². The van der Waals surface area contributed by atoms with Gasteiger partial charge in [0.05, 0.1) is 0 Å². The minimum Gasteiger partial charge on any atom is -0.0654 e. The summed E-state index contributed by atoms with van der Waals surface area (Å²) in [6, 6.07) is 0. The van der Waals surface area contributed by atoms with E-state index in [-0.39, 0.29) is 0 Å². The lowest BCUT2D eigenvalue weighted by atomic mass is 9.90. The number of rotatable bonds is 34. The molecule has 0 spiro atoms. The molecule has 0 fully saturated rings. The molecular weight excluding hydrogens is 456 g/mol. The molecule has 0 aromatic heterocycles. The molecule has 0 saturated heterocycles. The van der Waals surface area contributed by atoms with Gasteiger partial charge in [0.15, 0.2) is 0 Å². The number of unbranched alkanes of at least 4 members (excludes halogenated alkanes) is 28. The fourth-order valence-electron chi connectivity index (χ4n) is 6.36. The van der Waals surface area contributed by atoms with Crippen LogP contribution in [0.4, 0.5) is 0 Å². The molecule has 0 heterocycles. The standard InChI is InChI=1S/C38H78/c1-4-7-10-12-14-16-18-20-22-24-26-28-30-32-34-37-38(35-9-6-3)36-33-31-29-27-25-23-21-19-17-15-13-11-8-5-2/h38H,4-37H2,1-3H3. The zero-order chi connectivity index (χ0) is 27.6. The lowest BCUT2D eigenvalue weighted by molar-refractivity contribution is 0.370. The molecule has 0 N–H and O–H groups in total. The Morgan fingerprint density at radius 2 is 0.395 bits per heavy atom. The van der Waals surface area contributed by atoms with Crippen LogP contribution in [0.15, 0.2) is 0 Å². The van der Waals surface area contributed by atoms with Crippen LogP contribution in [0.1, 0.15) is 239 Å². The summed E-state index contributed by atoms with van der Waals surface area (Å²) in [6.45, 7) is 7.00. The van der Waals surface area contributed by atoms with Crippen LogP contribution < -0.4 is 0 Å². The fourth-order valence-corrected chi connectivity index (χ4v) is 6.36. The van der Waals surface area contributed by atoms with E-state index in [1.807, 2.05) is 0 Å². The van der Waals surface area contributed by atoms with Gasteiger partial charge in [0.1, 0.15) is 0 Å². The van der Waals surface area contributed by atoms with Gasteiger partial charge in [0, 0.05) is 0 Å². The molecule has 0 saturated carbocycles. The van der Waals surface area contributed by atoms with Crippen molar-refractivity contribution in [3.8, 4) is 0 Å². The number of hydrogen-bond donors (Lipinski definition) is 0. The first-order valence-electron chi connectivity index (χ1n) is 18.8. The Kier molecular flexibility index (Phi) is 35.0. The van der Waals surface area contributed by atoms with Gasteiger partial charge in [-0.1, -0.05) is 239 Å². The van der Waals surface area contributed by atoms with E-state index in [1.54, 1.807) is 0 Å². The lowest BCUT2D eigenvalue weighted by Gasteiger charge is -2.16. The normalized spacial score (nSPS) is 12.4. The molecule has 0 amide bonds. The molecule has 1 atom stereocenters. The second kappa shape index (κ2) is 35.0. The summed E-state index contributed by atoms with van der Waals surface area (Å²) in [6.07, 6.45) is 50.3. The molecule has 0 aliphatic heterocycles. The molecule has 0 aliphatic carbocycles. The summed E-state index contributed by atoms with van der Waals surface area (Å²) < 4.78 is 0. The monoisotopic (exact) mass is 535 g/mol. The smallest absolute Gasteiger partial charge is 0.0414 e. The highest BCUT2D eigenvalue weighted by atomic mass is 14.1. The van der Waals surface area contributed by atoms with Crippen molar-refractivity contribution in [1.29, 1.82) is 0 Å². The first-order chi connectivity index (χ1) is 18.8. The predicted molar refractivity (Wildman–Crippen MR) is 177 cm³/mol. The topological polar surface area (TPSA) is 0 Å². The molecule has 38 heavy (non-hydrogen) atoms. The molecule has 0 aromatic carbocycles. The van der Waals surface area contributed by atoms with Crippen LogP contribution in [0.2, 0.25) is 0 Å². The maximum atomic E-state index is 2.37. The van der Waals surface area contributed by atoms with E-state index in [0.717, 1.165) is 5.92 Å². The minimum absolute atomic E-state index is 1.04. The Morgan fingerprint density at radius 1 is 0.211 bits per heavy atom. The Balaban J connectivity index is 3.46. The highest BCUT2D eigenvalue weighted by Crippen LogP contribution is 2.24. The first-order valence-corrected chi connectivity index (χ1v) is 18.8. The quantitative estimate of drug-likeness (QED) is 0.0720. The summed E-state index contributed by atoms with van der Waals surface area (Å²) in [5, 5.41) is 0. The van der Waals surface area contributed by atoms with E-state index in [1.165, 1.54) is 218 Å². The van der Waals surface area contributed by atoms with Gasteiger partial charge in [-0.3, -0.25) is 0 Å². The first kappa shape index (κ1) is 38.0. The van der Waals surface area contributed by atoms with Crippen molar-refractivity contribution in [3.63, 3.8) is 0 Å². The summed E-state index contributed by atoms with van der Waals surface area (Å²) >= 11 is 0. The molecule has 0 heteroatoms. The van der Waals surface area contributed by atoms with E-state index in [4.69, 9.17) is 0 Å². The van der Waals surface area contributed by atoms with E-state index in [2.05, 4.69) is 20.8 Å². The maximum Gasteiger partial charge on any atom is -0.0414 e. The van der Waals surface area contributed by atoms with Crippen LogP contribution in [0.5, 0.6) is 0 Å². The molecular formula is C38H78. The van der Waals surface area contributed by atoms with Crippen molar-refractivity contribution in [1.82, 2.24) is 0 Å². The molecule has 0 nitrogen and oxygen atoms in total. The van der Waals surface area contributed by atoms with E-state index < -0.39 is 0 Å². The van der Waals surface area contributed by atoms with Crippen LogP contribution in [0.25, 0.3) is 0 Å². The molecule has 0 bridgehead atoms. The summed E-state index contributed by atoms with van der Waals surface area (Å²) in [5.41, 5.74) is 0. The minimum atomic E-state index is 1.04. The third-order valence-corrected chi connectivity index (χ3v) is 9.15. The van der Waals surface area contributed by atoms with Gasteiger partial charge < -0.3 is 0 Å². The molecule has 1 unspecified atom stereocenters. The van der Waals surface area contributed by atoms with Crippen molar-refractivity contribution in [2.75, 3.05) is 0 Å². The maximum absolute atomic E-state index is 2.37. The van der Waals surface area contributed by atoms with Crippen LogP contribution >= 0.6 is 0 Å². The van der Waals surface area contributed by atoms with E-state index in [9.17, 15) is 0 Å². The Bertz CT molecular complexity index is 385. The summed E-state index contributed by atoms with van der Waals surface area (Å²) in [7, 11) is 0. The van der Waals surface area contributed by atoms with Gasteiger partial charge in [0.2, 0.25) is 0 Å². The zero-order valence-corrected chi connectivity index (χ0v) is 27.6. The second-order valence-electron chi connectivity index (χ2n) is 13.1. The van der Waals surface area contributed by atoms with E-state index >= 15 is 0 Å².